The first-order valence-corrected chi connectivity index (χ1v) is 19.7. The first kappa shape index (κ1) is 78.7. The maximum absolute atomic E-state index is 10.3. The van der Waals surface area contributed by atoms with Crippen LogP contribution < -0.4 is 0 Å². The molecule has 0 aliphatic heterocycles. The first-order chi connectivity index (χ1) is 33.2. The topological polar surface area (TPSA) is 313 Å². The molecular formula is C45H67BF7O18. The third-order valence-corrected chi connectivity index (χ3v) is 6.14. The van der Waals surface area contributed by atoms with Crippen molar-refractivity contribution in [1.29, 1.82) is 0 Å². The summed E-state index contributed by atoms with van der Waals surface area (Å²) in [7, 11) is 1.00. The number of hydrogen-bond donors (Lipinski definition) is 5. The lowest BCUT2D eigenvalue weighted by Gasteiger charge is -1.92. The predicted octanol–water partition coefficient (Wildman–Crippen LogP) is 7.87. The smallest absolute Gasteiger partial charge is 0.351 e. The van der Waals surface area contributed by atoms with E-state index >= 15 is 0 Å². The summed E-state index contributed by atoms with van der Waals surface area (Å²) in [6.45, 7) is 7.21. The molecule has 0 spiro atoms. The number of ether oxygens (including phenoxy) is 2. The second-order valence-corrected chi connectivity index (χ2v) is 11.4. The van der Waals surface area contributed by atoms with Crippen molar-refractivity contribution in [2.75, 3.05) is 34.1 Å². The fraction of sp³-hybridized carbons (Fsp3) is 0.400. The van der Waals surface area contributed by atoms with E-state index < -0.39 is 20.3 Å². The van der Waals surface area contributed by atoms with Gasteiger partial charge in [0.25, 0.3) is 12.9 Å². The van der Waals surface area contributed by atoms with E-state index in [2.05, 4.69) is 9.47 Å². The standard InChI is InChI=1S/C7H8O4.C7H8O3.C6H8O3.C6H6O3.C6H8O2.C6H8O.C2H4F2.C2H5F.CH3BF.CH2F2.CH3F.2H2O/c8-3-6-1-2-7(11-6)4-10-5-9;1-6-2-3-7(10-6)4-9-5-8;2*7-3-5-1-2-6(4-8)9-5;1-5-2-3-6(4-7)8-5;1-5-3-4-6(2)7-5;3-1-2-4;2*1-2-3;2-1-3;1-2;;/h1-2,5,8H,3-4H2;2-3,5H,4H2,1H3;1-2,7-8H,3-4H2;1-3,8H,4H2;2-3,7H,4H2,1H3;3-4H,1-2H3;1-2H2;2H2,1H3;1H3;1H2;1H3;2*1H2. The van der Waals surface area contributed by atoms with Crippen molar-refractivity contribution < 1.29 is 118 Å². The highest BCUT2D eigenvalue weighted by atomic mass is 19.3. The van der Waals surface area contributed by atoms with Crippen molar-refractivity contribution in [3.63, 3.8) is 0 Å². The third kappa shape index (κ3) is 51.3. The van der Waals surface area contributed by atoms with Crippen molar-refractivity contribution >= 4 is 26.8 Å². The van der Waals surface area contributed by atoms with E-state index in [4.69, 9.17) is 52.0 Å². The second-order valence-electron chi connectivity index (χ2n) is 11.4. The monoisotopic (exact) mass is 1040 g/mol. The van der Waals surface area contributed by atoms with Crippen LogP contribution in [0, 0.1) is 27.7 Å². The highest BCUT2D eigenvalue weighted by molar-refractivity contribution is 6.23. The lowest BCUT2D eigenvalue weighted by atomic mass is 10.2. The minimum Gasteiger partial charge on any atom is -0.467 e. The molecule has 0 aromatic carbocycles. The van der Waals surface area contributed by atoms with Gasteiger partial charge >= 0.3 is 7.56 Å². The van der Waals surface area contributed by atoms with Crippen molar-refractivity contribution in [3.05, 3.63) is 142 Å². The minimum absolute atomic E-state index is 0. The number of carbonyl (C=O) groups excluding carboxylic acids is 3. The van der Waals surface area contributed by atoms with Crippen molar-refractivity contribution in [3.8, 4) is 0 Å². The van der Waals surface area contributed by atoms with E-state index in [9.17, 15) is 45.0 Å². The Labute approximate surface area is 407 Å². The van der Waals surface area contributed by atoms with Gasteiger partial charge in [-0.1, -0.05) is 6.82 Å². The van der Waals surface area contributed by atoms with E-state index in [0.717, 1.165) is 23.0 Å². The third-order valence-electron chi connectivity index (χ3n) is 6.14. The van der Waals surface area contributed by atoms with Crippen LogP contribution in [0.1, 0.15) is 80.8 Å². The van der Waals surface area contributed by atoms with Crippen LogP contribution in [0.2, 0.25) is 6.82 Å². The zero-order valence-electron chi connectivity index (χ0n) is 40.4. The maximum atomic E-state index is 10.3. The summed E-state index contributed by atoms with van der Waals surface area (Å²) in [5.74, 6) is 7.56. The summed E-state index contributed by atoms with van der Waals surface area (Å²) in [6.07, 6.45) is 0.596. The average molecular weight is 1040 g/mol. The van der Waals surface area contributed by atoms with Gasteiger partial charge in [-0.25, -0.2) is 17.6 Å². The van der Waals surface area contributed by atoms with Crippen LogP contribution in [0.5, 0.6) is 0 Å². The fourth-order valence-electron chi connectivity index (χ4n) is 3.64. The van der Waals surface area contributed by atoms with Gasteiger partial charge in [0.05, 0.1) is 13.9 Å². The van der Waals surface area contributed by atoms with Crippen LogP contribution in [0.4, 0.5) is 30.7 Å². The predicted molar refractivity (Wildman–Crippen MR) is 246 cm³/mol. The highest BCUT2D eigenvalue weighted by Crippen LogP contribution is 2.09. The first-order valence-electron chi connectivity index (χ1n) is 19.7. The molecule has 0 saturated heterocycles. The molecule has 407 valence electrons. The van der Waals surface area contributed by atoms with E-state index in [1.807, 2.05) is 52.0 Å². The molecule has 26 heteroatoms. The summed E-state index contributed by atoms with van der Waals surface area (Å²) in [5, 5.41) is 42.4. The van der Waals surface area contributed by atoms with Crippen LogP contribution in [0.3, 0.4) is 0 Å². The summed E-state index contributed by atoms with van der Waals surface area (Å²) in [5.41, 5.74) is 0. The van der Waals surface area contributed by atoms with Gasteiger partial charge in [0.15, 0.2) is 12.0 Å². The molecule has 0 bridgehead atoms. The van der Waals surface area contributed by atoms with Gasteiger partial charge in [-0.05, 0) is 107 Å². The normalized spacial score (nSPS) is 8.49. The molecule has 0 aliphatic rings. The molecule has 71 heavy (non-hydrogen) atoms. The molecule has 1 radical (unpaired) electrons. The van der Waals surface area contributed by atoms with Gasteiger partial charge < -0.3 is 76.8 Å². The Hall–Kier alpha value is -6.42. The lowest BCUT2D eigenvalue weighted by Crippen LogP contribution is -1.86. The highest BCUT2D eigenvalue weighted by Gasteiger charge is 2.00. The van der Waals surface area contributed by atoms with Crippen LogP contribution in [0.15, 0.2) is 99.3 Å². The van der Waals surface area contributed by atoms with Gasteiger partial charge in [0.1, 0.15) is 123 Å². The number of hydrogen-bond acceptors (Lipinski definition) is 16. The Morgan fingerprint density at radius 3 is 0.930 bits per heavy atom. The van der Waals surface area contributed by atoms with Gasteiger partial charge in [-0.3, -0.25) is 23.2 Å². The number of rotatable bonds is 13. The molecule has 0 aliphatic carbocycles. The molecule has 0 unspecified atom stereocenters. The lowest BCUT2D eigenvalue weighted by molar-refractivity contribution is -0.131. The quantitative estimate of drug-likeness (QED) is 0.0417. The molecular weight excluding hydrogens is 972 g/mol. The average Bonchev–Trinajstić information content (AvgIpc) is 4.25. The van der Waals surface area contributed by atoms with E-state index in [-0.39, 0.29) is 69.6 Å². The van der Waals surface area contributed by atoms with Crippen molar-refractivity contribution in [1.82, 2.24) is 0 Å². The number of aliphatic hydroxyl groups is 5. The van der Waals surface area contributed by atoms with Gasteiger partial charge in [0.2, 0.25) is 6.93 Å². The zero-order valence-corrected chi connectivity index (χ0v) is 40.4. The Bertz CT molecular complexity index is 1920. The minimum atomic E-state index is -1.75. The van der Waals surface area contributed by atoms with Crippen LogP contribution in [0.25, 0.3) is 0 Å². The Kier molecular flexibility index (Phi) is 66.2. The molecule has 0 atom stereocenters. The summed E-state index contributed by atoms with van der Waals surface area (Å²) >= 11 is 0. The molecule has 9 N–H and O–H groups in total. The number of carbonyl (C=O) groups is 3. The Morgan fingerprint density at radius 2 is 0.718 bits per heavy atom. The van der Waals surface area contributed by atoms with Gasteiger partial charge in [-0.15, -0.1) is 0 Å². The molecule has 0 amide bonds. The summed E-state index contributed by atoms with van der Waals surface area (Å²) in [6, 6.07) is 20.7. The zero-order chi connectivity index (χ0) is 53.7. The number of aryl methyl sites for hydroxylation is 4. The largest absolute Gasteiger partial charge is 0.467 e. The molecule has 0 fully saturated rings. The van der Waals surface area contributed by atoms with Gasteiger partial charge in [0, 0.05) is 0 Å². The van der Waals surface area contributed by atoms with Crippen LogP contribution in [-0.2, 0) is 65.3 Å². The summed E-state index contributed by atoms with van der Waals surface area (Å²) in [4.78, 5) is 29.4. The molecule has 6 rings (SSSR count). The second kappa shape index (κ2) is 59.7. The number of alkyl halides is 6. The molecule has 6 aromatic heterocycles. The van der Waals surface area contributed by atoms with Gasteiger partial charge in [-0.2, -0.15) is 0 Å². The molecule has 6 aromatic rings. The number of aliphatic hydroxyl groups excluding tert-OH is 5. The Morgan fingerprint density at radius 1 is 0.479 bits per heavy atom. The van der Waals surface area contributed by atoms with Crippen molar-refractivity contribution in [2.24, 2.45) is 0 Å². The van der Waals surface area contributed by atoms with E-state index in [1.165, 1.54) is 19.8 Å². The van der Waals surface area contributed by atoms with Crippen LogP contribution in [-0.4, -0.2) is 97.4 Å². The molecule has 18 nitrogen and oxygen atoms in total. The van der Waals surface area contributed by atoms with E-state index in [0.29, 0.717) is 74.3 Å². The molecule has 6 heterocycles. The number of aldehydes is 1. The maximum Gasteiger partial charge on any atom is 0.351 e. The SMILES string of the molecule is CCF.CF.C[B]F.Cc1ccc(C)o1.Cc1ccc(CO)o1.Cc1ccc(COC=O)o1.FCCF.FCF.O.O.O=COCc1ccc(CO)o1.O=Cc1ccc(CO)o1.OCc1ccc(CO)o1. The summed E-state index contributed by atoms with van der Waals surface area (Å²) < 4.78 is 109. The van der Waals surface area contributed by atoms with E-state index in [1.54, 1.807) is 42.5 Å². The number of halogens is 7. The Balaban J connectivity index is -0.000000131. The van der Waals surface area contributed by atoms with Crippen molar-refractivity contribution in [2.45, 2.75) is 87.7 Å². The molecule has 0 saturated carbocycles. The fourth-order valence-corrected chi connectivity index (χ4v) is 3.64. The number of furan rings is 6. The van der Waals surface area contributed by atoms with Crippen LogP contribution >= 0.6 is 0 Å².